The van der Waals surface area contributed by atoms with Gasteiger partial charge in [-0.2, -0.15) is 4.39 Å². The van der Waals surface area contributed by atoms with Crippen molar-refractivity contribution in [1.29, 1.82) is 0 Å². The van der Waals surface area contributed by atoms with Gasteiger partial charge in [-0.15, -0.1) is 0 Å². The molecule has 0 unspecified atom stereocenters. The summed E-state index contributed by atoms with van der Waals surface area (Å²) >= 11 is 0. The van der Waals surface area contributed by atoms with Gasteiger partial charge in [0.1, 0.15) is 5.82 Å². The normalized spacial score (nSPS) is 11.0. The molecule has 0 aliphatic rings. The van der Waals surface area contributed by atoms with Gasteiger partial charge < -0.3 is 14.5 Å². The number of nitrogens with one attached hydrogen (secondary N) is 2. The SMILES string of the molecule is CC(C)OC(=O)Nc1cnc2nc(-c3cc(NC(=O)c4ccc(F)o4)ccc3F)cn2c1. The Balaban J connectivity index is 1.58. The summed E-state index contributed by atoms with van der Waals surface area (Å²) in [6, 6.07) is 5.21. The standard InChI is InChI=1S/C21H17F2N5O4/c1-11(2)31-21(30)26-13-8-24-20-27-16(10-28(20)9-13)14-7-12(3-4-15(14)22)25-19(29)17-5-6-18(23)32-17/h3-11H,1-2H3,(H,25,29)(H,26,30). The van der Waals surface area contributed by atoms with Crippen LogP contribution in [0.2, 0.25) is 0 Å². The molecule has 0 atom stereocenters. The lowest BCUT2D eigenvalue weighted by Crippen LogP contribution is -2.18. The number of hydrogen-bond donors (Lipinski definition) is 2. The lowest BCUT2D eigenvalue weighted by atomic mass is 10.1. The van der Waals surface area contributed by atoms with Crippen LogP contribution in [0, 0.1) is 11.8 Å². The molecule has 4 rings (SSSR count). The van der Waals surface area contributed by atoms with E-state index >= 15 is 0 Å². The molecule has 0 spiro atoms. The molecule has 0 bridgehead atoms. The minimum Gasteiger partial charge on any atom is -0.447 e. The maximum Gasteiger partial charge on any atom is 0.411 e. The van der Waals surface area contributed by atoms with Gasteiger partial charge in [-0.3, -0.25) is 14.5 Å². The van der Waals surface area contributed by atoms with Crippen LogP contribution in [0.5, 0.6) is 0 Å². The minimum atomic E-state index is -0.890. The summed E-state index contributed by atoms with van der Waals surface area (Å²) in [6.07, 6.45) is 3.55. The number of nitrogens with zero attached hydrogens (tertiary/aromatic N) is 3. The van der Waals surface area contributed by atoms with E-state index in [2.05, 4.69) is 25.0 Å². The van der Waals surface area contributed by atoms with Gasteiger partial charge >= 0.3 is 6.09 Å². The molecular weight excluding hydrogens is 424 g/mol. The van der Waals surface area contributed by atoms with E-state index in [0.29, 0.717) is 5.69 Å². The molecule has 3 heterocycles. The first kappa shape index (κ1) is 21.0. The van der Waals surface area contributed by atoms with E-state index in [9.17, 15) is 18.4 Å². The Morgan fingerprint density at radius 2 is 1.91 bits per heavy atom. The highest BCUT2D eigenvalue weighted by molar-refractivity contribution is 6.02. The van der Waals surface area contributed by atoms with E-state index in [0.717, 1.165) is 6.07 Å². The first-order valence-electron chi connectivity index (χ1n) is 9.47. The van der Waals surface area contributed by atoms with Crippen molar-refractivity contribution in [3.63, 3.8) is 0 Å². The summed E-state index contributed by atoms with van der Waals surface area (Å²) in [7, 11) is 0. The fourth-order valence-corrected chi connectivity index (χ4v) is 2.87. The monoisotopic (exact) mass is 441 g/mol. The van der Waals surface area contributed by atoms with Crippen molar-refractivity contribution in [3.05, 3.63) is 66.5 Å². The largest absolute Gasteiger partial charge is 0.447 e. The van der Waals surface area contributed by atoms with Crippen LogP contribution in [0.3, 0.4) is 0 Å². The molecule has 0 saturated carbocycles. The van der Waals surface area contributed by atoms with Crippen LogP contribution in [-0.2, 0) is 4.74 Å². The first-order chi connectivity index (χ1) is 15.3. The highest BCUT2D eigenvalue weighted by atomic mass is 19.1. The molecule has 0 aliphatic heterocycles. The molecule has 0 fully saturated rings. The van der Waals surface area contributed by atoms with Crippen molar-refractivity contribution in [2.45, 2.75) is 20.0 Å². The van der Waals surface area contributed by atoms with Crippen LogP contribution in [0.4, 0.5) is 25.0 Å². The minimum absolute atomic E-state index is 0.104. The molecule has 0 radical (unpaired) electrons. The number of ether oxygens (including phenoxy) is 1. The van der Waals surface area contributed by atoms with Gasteiger partial charge in [-0.25, -0.2) is 19.2 Å². The fourth-order valence-electron chi connectivity index (χ4n) is 2.87. The number of anilines is 2. The molecule has 0 saturated heterocycles. The van der Waals surface area contributed by atoms with Crippen LogP contribution >= 0.6 is 0 Å². The Morgan fingerprint density at radius 1 is 1.09 bits per heavy atom. The maximum absolute atomic E-state index is 14.5. The highest BCUT2D eigenvalue weighted by Crippen LogP contribution is 2.26. The number of halogens is 2. The third-order valence-electron chi connectivity index (χ3n) is 4.20. The number of carbonyl (C=O) groups is 2. The van der Waals surface area contributed by atoms with Crippen molar-refractivity contribution in [2.24, 2.45) is 0 Å². The highest BCUT2D eigenvalue weighted by Gasteiger charge is 2.15. The van der Waals surface area contributed by atoms with Crippen LogP contribution in [0.1, 0.15) is 24.4 Å². The van der Waals surface area contributed by atoms with Gasteiger partial charge in [0.15, 0.2) is 5.76 Å². The molecule has 3 aromatic heterocycles. The predicted molar refractivity (Wildman–Crippen MR) is 110 cm³/mol. The van der Waals surface area contributed by atoms with Crippen molar-refractivity contribution in [2.75, 3.05) is 10.6 Å². The molecule has 1 aromatic carbocycles. The van der Waals surface area contributed by atoms with E-state index < -0.39 is 23.8 Å². The summed E-state index contributed by atoms with van der Waals surface area (Å²) in [5, 5.41) is 5.06. The van der Waals surface area contributed by atoms with E-state index in [-0.39, 0.29) is 34.6 Å². The summed E-state index contributed by atoms with van der Waals surface area (Å²) in [5.74, 6) is -1.22. The number of hydrogen-bond acceptors (Lipinski definition) is 6. The van der Waals surface area contributed by atoms with E-state index in [4.69, 9.17) is 4.74 Å². The Kier molecular flexibility index (Phi) is 5.54. The van der Waals surface area contributed by atoms with Gasteiger partial charge in [0, 0.05) is 29.7 Å². The van der Waals surface area contributed by atoms with Crippen molar-refractivity contribution < 1.29 is 27.5 Å². The zero-order valence-corrected chi connectivity index (χ0v) is 16.9. The van der Waals surface area contributed by atoms with Gasteiger partial charge in [0.2, 0.25) is 5.78 Å². The Morgan fingerprint density at radius 3 is 2.62 bits per heavy atom. The number of amides is 2. The van der Waals surface area contributed by atoms with Gasteiger partial charge in [0.05, 0.1) is 23.7 Å². The quantitative estimate of drug-likeness (QED) is 0.473. The van der Waals surface area contributed by atoms with Crippen LogP contribution in [0.15, 0.2) is 53.3 Å². The third-order valence-corrected chi connectivity index (χ3v) is 4.20. The summed E-state index contributed by atoms with van der Waals surface area (Å²) in [6.45, 7) is 3.45. The number of rotatable bonds is 5. The van der Waals surface area contributed by atoms with Crippen molar-refractivity contribution in [1.82, 2.24) is 14.4 Å². The summed E-state index contributed by atoms with van der Waals surface area (Å²) < 4.78 is 38.6. The smallest absolute Gasteiger partial charge is 0.411 e. The topological polar surface area (TPSA) is 111 Å². The van der Waals surface area contributed by atoms with E-state index in [1.54, 1.807) is 20.0 Å². The molecule has 2 amide bonds. The molecule has 164 valence electrons. The van der Waals surface area contributed by atoms with E-state index in [1.807, 2.05) is 0 Å². The molecule has 32 heavy (non-hydrogen) atoms. The Labute approximate surface area is 180 Å². The van der Waals surface area contributed by atoms with Gasteiger partial charge in [-0.05, 0) is 38.1 Å². The second-order valence-electron chi connectivity index (χ2n) is 7.01. The molecule has 11 heteroatoms. The average molecular weight is 441 g/mol. The van der Waals surface area contributed by atoms with Crippen LogP contribution in [-0.4, -0.2) is 32.5 Å². The number of imidazole rings is 1. The second-order valence-corrected chi connectivity index (χ2v) is 7.01. The average Bonchev–Trinajstić information content (AvgIpc) is 3.34. The molecular formula is C21H17F2N5O4. The number of aromatic nitrogens is 3. The zero-order valence-electron chi connectivity index (χ0n) is 16.9. The Bertz CT molecular complexity index is 1310. The third kappa shape index (κ3) is 4.56. The number of carbonyl (C=O) groups excluding carboxylic acids is 2. The lowest BCUT2D eigenvalue weighted by molar-refractivity contribution is 0.0988. The second kappa shape index (κ2) is 8.46. The summed E-state index contributed by atoms with van der Waals surface area (Å²) in [5.41, 5.74) is 0.968. The Hall–Kier alpha value is -4.28. The van der Waals surface area contributed by atoms with Crippen LogP contribution in [0.25, 0.3) is 17.0 Å². The summed E-state index contributed by atoms with van der Waals surface area (Å²) in [4.78, 5) is 32.3. The molecule has 4 aromatic rings. The van der Waals surface area contributed by atoms with Gasteiger partial charge in [0.25, 0.3) is 11.9 Å². The van der Waals surface area contributed by atoms with Gasteiger partial charge in [-0.1, -0.05) is 0 Å². The van der Waals surface area contributed by atoms with Crippen molar-refractivity contribution in [3.8, 4) is 11.3 Å². The first-order valence-corrected chi connectivity index (χ1v) is 9.47. The van der Waals surface area contributed by atoms with Crippen molar-refractivity contribution >= 4 is 29.2 Å². The molecule has 2 N–H and O–H groups in total. The van der Waals surface area contributed by atoms with Crippen LogP contribution < -0.4 is 10.6 Å². The number of fused-ring (bicyclic) bond motifs is 1. The predicted octanol–water partition coefficient (Wildman–Crippen LogP) is 4.48. The lowest BCUT2D eigenvalue weighted by Gasteiger charge is -2.09. The molecule has 9 nitrogen and oxygen atoms in total. The number of benzene rings is 1. The zero-order chi connectivity index (χ0) is 22.8. The maximum atomic E-state index is 14.5. The fraction of sp³-hybridized carbons (Fsp3) is 0.143. The van der Waals surface area contributed by atoms with E-state index in [1.165, 1.54) is 41.1 Å². The molecule has 0 aliphatic carbocycles. The number of furan rings is 1.